The first-order valence-electron chi connectivity index (χ1n) is 7.22. The van der Waals surface area contributed by atoms with Crippen LogP contribution >= 0.6 is 0 Å². The molecule has 0 spiro atoms. The molecule has 1 heterocycles. The molecule has 3 nitrogen and oxygen atoms in total. The standard InChI is InChI=1S/C14H28N2O/c1-4-5-7-12-16(13(2)3)14(17)15-10-8-6-9-11-15/h13H,4-12H2,1-3H3. The lowest BCUT2D eigenvalue weighted by atomic mass is 10.1. The fourth-order valence-corrected chi connectivity index (χ4v) is 2.37. The Morgan fingerprint density at radius 1 is 1.18 bits per heavy atom. The second kappa shape index (κ2) is 7.57. The minimum Gasteiger partial charge on any atom is -0.325 e. The van der Waals surface area contributed by atoms with E-state index in [0.29, 0.717) is 6.04 Å². The zero-order valence-electron chi connectivity index (χ0n) is 11.7. The van der Waals surface area contributed by atoms with Gasteiger partial charge in [0.15, 0.2) is 0 Å². The Balaban J connectivity index is 2.46. The summed E-state index contributed by atoms with van der Waals surface area (Å²) in [5.74, 6) is 0. The molecule has 0 radical (unpaired) electrons. The third-order valence-corrected chi connectivity index (χ3v) is 3.50. The Labute approximate surface area is 106 Å². The summed E-state index contributed by atoms with van der Waals surface area (Å²) >= 11 is 0. The highest BCUT2D eigenvalue weighted by molar-refractivity contribution is 5.74. The van der Waals surface area contributed by atoms with E-state index in [1.807, 2.05) is 9.80 Å². The number of urea groups is 1. The molecule has 0 saturated carbocycles. The number of nitrogens with zero attached hydrogens (tertiary/aromatic N) is 2. The van der Waals surface area contributed by atoms with Gasteiger partial charge in [0.1, 0.15) is 0 Å². The summed E-state index contributed by atoms with van der Waals surface area (Å²) < 4.78 is 0. The number of hydrogen-bond donors (Lipinski definition) is 0. The highest BCUT2D eigenvalue weighted by Gasteiger charge is 2.23. The Morgan fingerprint density at radius 2 is 1.82 bits per heavy atom. The van der Waals surface area contributed by atoms with Crippen LogP contribution in [0.4, 0.5) is 4.79 Å². The minimum absolute atomic E-state index is 0.260. The van der Waals surface area contributed by atoms with Crippen molar-refractivity contribution in [3.05, 3.63) is 0 Å². The maximum absolute atomic E-state index is 12.4. The van der Waals surface area contributed by atoms with E-state index in [0.717, 1.165) is 26.1 Å². The van der Waals surface area contributed by atoms with Gasteiger partial charge in [0.05, 0.1) is 0 Å². The molecule has 0 bridgehead atoms. The predicted octanol–water partition coefficient (Wildman–Crippen LogP) is 3.49. The van der Waals surface area contributed by atoms with Crippen LogP contribution < -0.4 is 0 Å². The van der Waals surface area contributed by atoms with Crippen molar-refractivity contribution in [1.82, 2.24) is 9.80 Å². The average Bonchev–Trinajstić information content (AvgIpc) is 2.34. The molecule has 0 unspecified atom stereocenters. The summed E-state index contributed by atoms with van der Waals surface area (Å²) in [6.45, 7) is 9.26. The molecule has 17 heavy (non-hydrogen) atoms. The van der Waals surface area contributed by atoms with Crippen molar-refractivity contribution in [3.63, 3.8) is 0 Å². The summed E-state index contributed by atoms with van der Waals surface area (Å²) in [6, 6.07) is 0.581. The van der Waals surface area contributed by atoms with Crippen molar-refractivity contribution >= 4 is 6.03 Å². The van der Waals surface area contributed by atoms with E-state index in [9.17, 15) is 4.79 Å². The van der Waals surface area contributed by atoms with E-state index >= 15 is 0 Å². The van der Waals surface area contributed by atoms with E-state index in [4.69, 9.17) is 0 Å². The number of piperidine rings is 1. The molecule has 0 aliphatic carbocycles. The molecule has 1 aliphatic rings. The number of carbonyl (C=O) groups is 1. The van der Waals surface area contributed by atoms with Gasteiger partial charge in [-0.05, 0) is 39.5 Å². The lowest BCUT2D eigenvalue weighted by Gasteiger charge is -2.35. The number of carbonyl (C=O) groups excluding carboxylic acids is 1. The SMILES string of the molecule is CCCCCN(C(=O)N1CCCCC1)C(C)C. The van der Waals surface area contributed by atoms with Crippen LogP contribution in [0.15, 0.2) is 0 Å². The highest BCUT2D eigenvalue weighted by atomic mass is 16.2. The number of likely N-dealkylation sites (tertiary alicyclic amines) is 1. The normalized spacial score (nSPS) is 16.4. The molecule has 0 N–H and O–H groups in total. The summed E-state index contributed by atoms with van der Waals surface area (Å²) in [5.41, 5.74) is 0. The molecule has 2 amide bonds. The topological polar surface area (TPSA) is 23.6 Å². The van der Waals surface area contributed by atoms with Gasteiger partial charge in [-0.15, -0.1) is 0 Å². The van der Waals surface area contributed by atoms with Gasteiger partial charge in [0.25, 0.3) is 0 Å². The van der Waals surface area contributed by atoms with Crippen molar-refractivity contribution in [3.8, 4) is 0 Å². The van der Waals surface area contributed by atoms with Gasteiger partial charge in [-0.2, -0.15) is 0 Å². The zero-order valence-corrected chi connectivity index (χ0v) is 11.7. The van der Waals surface area contributed by atoms with E-state index in [1.165, 1.54) is 32.1 Å². The van der Waals surface area contributed by atoms with Crippen LogP contribution in [0.1, 0.15) is 59.3 Å². The van der Waals surface area contributed by atoms with Gasteiger partial charge < -0.3 is 9.80 Å². The van der Waals surface area contributed by atoms with E-state index in [2.05, 4.69) is 20.8 Å². The van der Waals surface area contributed by atoms with Crippen LogP contribution in [-0.2, 0) is 0 Å². The number of amides is 2. The predicted molar refractivity (Wildman–Crippen MR) is 72.2 cm³/mol. The second-order valence-electron chi connectivity index (χ2n) is 5.32. The number of rotatable bonds is 5. The third-order valence-electron chi connectivity index (χ3n) is 3.50. The van der Waals surface area contributed by atoms with Crippen molar-refractivity contribution in [2.75, 3.05) is 19.6 Å². The van der Waals surface area contributed by atoms with Crippen LogP contribution in [0, 0.1) is 0 Å². The number of hydrogen-bond acceptors (Lipinski definition) is 1. The van der Waals surface area contributed by atoms with E-state index < -0.39 is 0 Å². The van der Waals surface area contributed by atoms with Gasteiger partial charge in [-0.1, -0.05) is 19.8 Å². The second-order valence-corrected chi connectivity index (χ2v) is 5.32. The van der Waals surface area contributed by atoms with Crippen molar-refractivity contribution in [2.24, 2.45) is 0 Å². The molecular weight excluding hydrogens is 212 g/mol. The van der Waals surface area contributed by atoms with Crippen molar-refractivity contribution < 1.29 is 4.79 Å². The lowest BCUT2D eigenvalue weighted by Crippen LogP contribution is -2.48. The van der Waals surface area contributed by atoms with Crippen LogP contribution in [0.25, 0.3) is 0 Å². The summed E-state index contributed by atoms with van der Waals surface area (Å²) in [4.78, 5) is 16.5. The molecule has 1 fully saturated rings. The Kier molecular flexibility index (Phi) is 6.38. The molecule has 3 heteroatoms. The minimum atomic E-state index is 0.260. The Hall–Kier alpha value is -0.730. The fourth-order valence-electron chi connectivity index (χ4n) is 2.37. The summed E-state index contributed by atoms with van der Waals surface area (Å²) in [7, 11) is 0. The zero-order chi connectivity index (χ0) is 12.7. The van der Waals surface area contributed by atoms with Gasteiger partial charge in [-0.3, -0.25) is 0 Å². The average molecular weight is 240 g/mol. The van der Waals surface area contributed by atoms with Gasteiger partial charge >= 0.3 is 6.03 Å². The van der Waals surface area contributed by atoms with Crippen LogP contribution in [-0.4, -0.2) is 41.5 Å². The monoisotopic (exact) mass is 240 g/mol. The Morgan fingerprint density at radius 3 is 2.35 bits per heavy atom. The molecule has 0 atom stereocenters. The summed E-state index contributed by atoms with van der Waals surface area (Å²) in [6.07, 6.45) is 7.19. The van der Waals surface area contributed by atoms with Crippen LogP contribution in [0.3, 0.4) is 0 Å². The number of unbranched alkanes of at least 4 members (excludes halogenated alkanes) is 2. The molecule has 0 aromatic rings. The largest absolute Gasteiger partial charge is 0.325 e. The molecule has 0 aromatic heterocycles. The van der Waals surface area contributed by atoms with E-state index in [1.54, 1.807) is 0 Å². The lowest BCUT2D eigenvalue weighted by molar-refractivity contribution is 0.130. The van der Waals surface area contributed by atoms with E-state index in [-0.39, 0.29) is 6.03 Å². The maximum Gasteiger partial charge on any atom is 0.320 e. The Bertz CT molecular complexity index is 222. The van der Waals surface area contributed by atoms with Gasteiger partial charge in [0.2, 0.25) is 0 Å². The van der Waals surface area contributed by atoms with Crippen molar-refractivity contribution in [1.29, 1.82) is 0 Å². The molecule has 0 aromatic carbocycles. The highest BCUT2D eigenvalue weighted by Crippen LogP contribution is 2.13. The van der Waals surface area contributed by atoms with Crippen LogP contribution in [0.5, 0.6) is 0 Å². The smallest absolute Gasteiger partial charge is 0.320 e. The first kappa shape index (κ1) is 14.3. The molecule has 1 rings (SSSR count). The molecule has 1 saturated heterocycles. The molecular formula is C14H28N2O. The first-order chi connectivity index (χ1) is 8.16. The third kappa shape index (κ3) is 4.57. The quantitative estimate of drug-likeness (QED) is 0.675. The van der Waals surface area contributed by atoms with Gasteiger partial charge in [-0.25, -0.2) is 4.79 Å². The van der Waals surface area contributed by atoms with Crippen molar-refractivity contribution in [2.45, 2.75) is 65.3 Å². The molecule has 100 valence electrons. The molecule has 1 aliphatic heterocycles. The fraction of sp³-hybridized carbons (Fsp3) is 0.929. The van der Waals surface area contributed by atoms with Gasteiger partial charge in [0, 0.05) is 25.7 Å². The maximum atomic E-state index is 12.4. The first-order valence-corrected chi connectivity index (χ1v) is 7.22. The van der Waals surface area contributed by atoms with Crippen LogP contribution in [0.2, 0.25) is 0 Å². The summed E-state index contributed by atoms with van der Waals surface area (Å²) in [5, 5.41) is 0.